The molecule has 3 aromatic rings. The van der Waals surface area contributed by atoms with E-state index in [2.05, 4.69) is 10.3 Å². The summed E-state index contributed by atoms with van der Waals surface area (Å²) < 4.78 is 1.48. The number of fused-ring (bicyclic) bond motifs is 1. The summed E-state index contributed by atoms with van der Waals surface area (Å²) in [5.74, 6) is -1.48. The molecule has 0 saturated heterocycles. The molecule has 0 atom stereocenters. The molecule has 4 N–H and O–H groups in total. The highest BCUT2D eigenvalue weighted by Crippen LogP contribution is 2.36. The number of hydrogen-bond acceptors (Lipinski definition) is 5. The first-order valence-electron chi connectivity index (χ1n) is 9.66. The molecular weight excluding hydrogens is 418 g/mol. The largest absolute Gasteiger partial charge is 0.507 e. The van der Waals surface area contributed by atoms with Crippen LogP contribution in [0.25, 0.3) is 11.3 Å². The number of hydrogen-bond donors (Lipinski definition) is 4. The van der Waals surface area contributed by atoms with Gasteiger partial charge < -0.3 is 25.1 Å². The molecule has 1 amide bonds. The van der Waals surface area contributed by atoms with E-state index in [0.717, 1.165) is 22.5 Å². The van der Waals surface area contributed by atoms with Crippen LogP contribution >= 0.6 is 11.8 Å². The Morgan fingerprint density at radius 3 is 2.71 bits per heavy atom. The number of nitrogens with zero attached hydrogens (tertiary/aromatic N) is 1. The van der Waals surface area contributed by atoms with Gasteiger partial charge in [0.2, 0.25) is 0 Å². The molecule has 8 nitrogen and oxygen atoms in total. The molecule has 0 unspecified atom stereocenters. The Morgan fingerprint density at radius 2 is 1.97 bits per heavy atom. The predicted octanol–water partition coefficient (Wildman–Crippen LogP) is 2.47. The maximum atomic E-state index is 13.1. The Kier molecular flexibility index (Phi) is 5.60. The summed E-state index contributed by atoms with van der Waals surface area (Å²) >= 11 is 1.54. The molecule has 0 aliphatic carbocycles. The van der Waals surface area contributed by atoms with Crippen molar-refractivity contribution in [2.45, 2.75) is 25.0 Å². The fourth-order valence-corrected chi connectivity index (χ4v) is 4.86. The highest BCUT2D eigenvalue weighted by atomic mass is 32.2. The van der Waals surface area contributed by atoms with Gasteiger partial charge in [-0.05, 0) is 24.6 Å². The van der Waals surface area contributed by atoms with Crippen molar-refractivity contribution in [1.82, 2.24) is 14.9 Å². The van der Waals surface area contributed by atoms with Gasteiger partial charge in [0.05, 0.1) is 6.54 Å². The number of carbonyl (C=O) groups excluding carboxylic acids is 1. The van der Waals surface area contributed by atoms with Gasteiger partial charge in [0.25, 0.3) is 11.5 Å². The van der Waals surface area contributed by atoms with Gasteiger partial charge in [0, 0.05) is 39.7 Å². The first kappa shape index (κ1) is 20.8. The third-order valence-electron chi connectivity index (χ3n) is 5.28. The number of aromatic hydroxyl groups is 1. The van der Waals surface area contributed by atoms with E-state index in [-0.39, 0.29) is 12.3 Å². The van der Waals surface area contributed by atoms with Crippen LogP contribution in [0.5, 0.6) is 5.75 Å². The van der Waals surface area contributed by atoms with Crippen molar-refractivity contribution in [2.75, 3.05) is 6.54 Å². The molecule has 1 aliphatic rings. The molecular formula is C22H21N3O5S. The lowest BCUT2D eigenvalue weighted by Crippen LogP contribution is -2.37. The van der Waals surface area contributed by atoms with Crippen molar-refractivity contribution in [3.63, 3.8) is 0 Å². The quantitative estimate of drug-likeness (QED) is 0.468. The lowest BCUT2D eigenvalue weighted by atomic mass is 10.1. The van der Waals surface area contributed by atoms with Gasteiger partial charge in [0.1, 0.15) is 17.9 Å². The second kappa shape index (κ2) is 8.35. The van der Waals surface area contributed by atoms with Crippen LogP contribution in [0, 0.1) is 6.92 Å². The van der Waals surface area contributed by atoms with Crippen LogP contribution in [0.3, 0.4) is 0 Å². The average molecular weight is 439 g/mol. The molecule has 0 bridgehead atoms. The SMILES string of the molecule is Cc1ccccc1-c1ccc(Cn2c3c(c(O)c(C(=O)NCC(=O)O)c2=O)CSC3)[nH]1. The van der Waals surface area contributed by atoms with Gasteiger partial charge in [-0.1, -0.05) is 24.3 Å². The van der Waals surface area contributed by atoms with Gasteiger partial charge in [-0.25, -0.2) is 0 Å². The number of benzene rings is 1. The van der Waals surface area contributed by atoms with Gasteiger partial charge in [-0.3, -0.25) is 14.4 Å². The van der Waals surface area contributed by atoms with Crippen molar-refractivity contribution < 1.29 is 19.8 Å². The minimum Gasteiger partial charge on any atom is -0.507 e. The number of pyridine rings is 1. The molecule has 160 valence electrons. The van der Waals surface area contributed by atoms with E-state index in [0.29, 0.717) is 22.8 Å². The van der Waals surface area contributed by atoms with Crippen LogP contribution in [0.1, 0.15) is 32.9 Å². The summed E-state index contributed by atoms with van der Waals surface area (Å²) in [6, 6.07) is 11.8. The van der Waals surface area contributed by atoms with Gasteiger partial charge in [-0.15, -0.1) is 0 Å². The summed E-state index contributed by atoms with van der Waals surface area (Å²) in [6.07, 6.45) is 0. The fourth-order valence-electron chi connectivity index (χ4n) is 3.73. The van der Waals surface area contributed by atoms with Crippen molar-refractivity contribution in [2.24, 2.45) is 0 Å². The maximum Gasteiger partial charge on any atom is 0.322 e. The number of aliphatic carboxylic acids is 1. The topological polar surface area (TPSA) is 124 Å². The molecule has 31 heavy (non-hydrogen) atoms. The van der Waals surface area contributed by atoms with Crippen LogP contribution < -0.4 is 10.9 Å². The van der Waals surface area contributed by atoms with Crippen LogP contribution in [-0.4, -0.2) is 38.2 Å². The Labute approximate surface area is 181 Å². The minimum absolute atomic E-state index is 0.201. The molecule has 3 heterocycles. The normalized spacial score (nSPS) is 12.5. The molecule has 0 fully saturated rings. The van der Waals surface area contributed by atoms with Crippen LogP contribution in [0.15, 0.2) is 41.2 Å². The summed E-state index contributed by atoms with van der Waals surface area (Å²) in [6.45, 7) is 1.58. The number of thioether (sulfide) groups is 1. The second-order valence-electron chi connectivity index (χ2n) is 7.32. The van der Waals surface area contributed by atoms with Gasteiger partial charge in [0.15, 0.2) is 0 Å². The van der Waals surface area contributed by atoms with E-state index in [9.17, 15) is 19.5 Å². The first-order valence-corrected chi connectivity index (χ1v) is 10.8. The average Bonchev–Trinajstić information content (AvgIpc) is 3.40. The molecule has 4 rings (SSSR count). The van der Waals surface area contributed by atoms with Crippen molar-refractivity contribution in [3.8, 4) is 17.0 Å². The predicted molar refractivity (Wildman–Crippen MR) is 117 cm³/mol. The summed E-state index contributed by atoms with van der Waals surface area (Å²) in [4.78, 5) is 39.7. The van der Waals surface area contributed by atoms with Crippen LogP contribution in [0.4, 0.5) is 0 Å². The zero-order valence-corrected chi connectivity index (χ0v) is 17.6. The molecule has 2 aromatic heterocycles. The molecule has 1 aromatic carbocycles. The number of carboxylic acids is 1. The third kappa shape index (κ3) is 3.96. The second-order valence-corrected chi connectivity index (χ2v) is 8.31. The highest BCUT2D eigenvalue weighted by Gasteiger charge is 2.29. The molecule has 0 saturated carbocycles. The summed E-state index contributed by atoms with van der Waals surface area (Å²) in [7, 11) is 0. The van der Waals surface area contributed by atoms with E-state index < -0.39 is 29.5 Å². The number of aryl methyl sites for hydroxylation is 1. The van der Waals surface area contributed by atoms with Crippen molar-refractivity contribution in [1.29, 1.82) is 0 Å². The van der Waals surface area contributed by atoms with E-state index in [1.807, 2.05) is 43.3 Å². The van der Waals surface area contributed by atoms with Crippen LogP contribution in [-0.2, 0) is 22.8 Å². The summed E-state index contributed by atoms with van der Waals surface area (Å²) in [5, 5.41) is 21.5. The smallest absolute Gasteiger partial charge is 0.322 e. The number of rotatable bonds is 6. The number of amides is 1. The van der Waals surface area contributed by atoms with Crippen molar-refractivity contribution in [3.05, 3.63) is 74.8 Å². The lowest BCUT2D eigenvalue weighted by Gasteiger charge is -2.15. The Balaban J connectivity index is 1.72. The van der Waals surface area contributed by atoms with Gasteiger partial charge >= 0.3 is 5.97 Å². The molecule has 9 heteroatoms. The Bertz CT molecular complexity index is 1240. The zero-order valence-electron chi connectivity index (χ0n) is 16.8. The number of aromatic nitrogens is 2. The number of nitrogens with one attached hydrogen (secondary N) is 2. The van der Waals surface area contributed by atoms with Gasteiger partial charge in [-0.2, -0.15) is 11.8 Å². The van der Waals surface area contributed by atoms with Crippen molar-refractivity contribution >= 4 is 23.6 Å². The Hall–Kier alpha value is -3.46. The molecule has 0 spiro atoms. The van der Waals surface area contributed by atoms with E-state index >= 15 is 0 Å². The zero-order chi connectivity index (χ0) is 22.1. The van der Waals surface area contributed by atoms with E-state index in [4.69, 9.17) is 5.11 Å². The van der Waals surface area contributed by atoms with E-state index in [1.54, 1.807) is 0 Å². The fraction of sp³-hybridized carbons (Fsp3) is 0.227. The maximum absolute atomic E-state index is 13.1. The van der Waals surface area contributed by atoms with E-state index in [1.165, 1.54) is 16.3 Å². The number of aromatic amines is 1. The summed E-state index contributed by atoms with van der Waals surface area (Å²) in [5.41, 5.74) is 4.02. The minimum atomic E-state index is -1.24. The number of carbonyl (C=O) groups is 2. The monoisotopic (exact) mass is 439 g/mol. The number of carboxylic acid groups (broad SMARTS) is 1. The first-order chi connectivity index (χ1) is 14.9. The Morgan fingerprint density at radius 1 is 1.19 bits per heavy atom. The number of H-pyrrole nitrogens is 1. The highest BCUT2D eigenvalue weighted by molar-refractivity contribution is 7.98. The van der Waals surface area contributed by atoms with Crippen LogP contribution in [0.2, 0.25) is 0 Å². The molecule has 1 aliphatic heterocycles. The third-order valence-corrected chi connectivity index (χ3v) is 6.25. The molecule has 0 radical (unpaired) electrons. The standard InChI is InChI=1S/C22H21N3O5S/c1-12-4-2-3-5-14(12)16-7-6-13(24-16)9-25-17-11-31-10-15(17)20(28)19(22(25)30)21(29)23-8-18(26)27/h2-7,24,28H,8-11H2,1H3,(H,23,29)(H,26,27). The lowest BCUT2D eigenvalue weighted by molar-refractivity contribution is -0.135.